The lowest BCUT2D eigenvalue weighted by Gasteiger charge is -2.12. The highest BCUT2D eigenvalue weighted by molar-refractivity contribution is 5.97. The molecule has 0 aliphatic heterocycles. The second-order valence-electron chi connectivity index (χ2n) is 7.26. The number of esters is 1. The van der Waals surface area contributed by atoms with E-state index in [0.717, 1.165) is 34.1 Å². The maximum Gasteiger partial charge on any atom is 0.343 e. The topological polar surface area (TPSA) is 107 Å². The quantitative estimate of drug-likeness (QED) is 0.637. The van der Waals surface area contributed by atoms with E-state index in [0.29, 0.717) is 24.3 Å². The van der Waals surface area contributed by atoms with Gasteiger partial charge in [-0.1, -0.05) is 18.2 Å². The van der Waals surface area contributed by atoms with Gasteiger partial charge in [0.25, 0.3) is 0 Å². The molecule has 1 heterocycles. The van der Waals surface area contributed by atoms with Gasteiger partial charge in [0, 0.05) is 17.6 Å². The first kappa shape index (κ1) is 19.5. The van der Waals surface area contributed by atoms with E-state index in [2.05, 4.69) is 15.4 Å². The van der Waals surface area contributed by atoms with Crippen molar-refractivity contribution in [1.82, 2.24) is 4.57 Å². The second kappa shape index (κ2) is 7.91. The van der Waals surface area contributed by atoms with Crippen LogP contribution in [0.3, 0.4) is 0 Å². The number of primary amides is 1. The molecule has 0 saturated carbocycles. The fraction of sp³-hybridized carbons (Fsp3) is 0.261. The number of hydrogen-bond donors (Lipinski definition) is 1. The van der Waals surface area contributed by atoms with Gasteiger partial charge in [0.1, 0.15) is 5.75 Å². The van der Waals surface area contributed by atoms with Crippen molar-refractivity contribution in [3.63, 3.8) is 0 Å². The van der Waals surface area contributed by atoms with Crippen LogP contribution in [0.15, 0.2) is 42.5 Å². The smallest absolute Gasteiger partial charge is 0.343 e. The molecule has 0 fully saturated rings. The third kappa shape index (κ3) is 3.37. The largest absolute Gasteiger partial charge is 0.481 e. The zero-order valence-corrected chi connectivity index (χ0v) is 16.6. The van der Waals surface area contributed by atoms with Crippen molar-refractivity contribution in [3.8, 4) is 11.8 Å². The van der Waals surface area contributed by atoms with Crippen molar-refractivity contribution < 1.29 is 19.1 Å². The lowest BCUT2D eigenvalue weighted by Crippen LogP contribution is -2.19. The fourth-order valence-electron chi connectivity index (χ4n) is 4.17. The number of ether oxygens (including phenoxy) is 2. The number of aromatic nitrogens is 1. The number of benzene rings is 2. The van der Waals surface area contributed by atoms with Crippen LogP contribution < -0.4 is 10.5 Å². The van der Waals surface area contributed by atoms with E-state index in [-0.39, 0.29) is 12.5 Å². The lowest BCUT2D eigenvalue weighted by molar-refractivity contribution is -0.142. The summed E-state index contributed by atoms with van der Waals surface area (Å²) in [7, 11) is 1.31. The minimum Gasteiger partial charge on any atom is -0.481 e. The van der Waals surface area contributed by atoms with E-state index in [1.165, 1.54) is 7.11 Å². The van der Waals surface area contributed by atoms with Gasteiger partial charge in [0.05, 0.1) is 30.2 Å². The number of methoxy groups -OCH3 is 1. The third-order valence-corrected chi connectivity index (χ3v) is 5.56. The predicted octanol–water partition coefficient (Wildman–Crippen LogP) is 2.63. The zero-order valence-electron chi connectivity index (χ0n) is 16.6. The van der Waals surface area contributed by atoms with Crippen LogP contribution in [-0.4, -0.2) is 30.2 Å². The van der Waals surface area contributed by atoms with Crippen LogP contribution in [0.4, 0.5) is 0 Å². The summed E-state index contributed by atoms with van der Waals surface area (Å²) < 4.78 is 12.6. The van der Waals surface area contributed by atoms with E-state index in [4.69, 9.17) is 15.7 Å². The van der Waals surface area contributed by atoms with Crippen LogP contribution >= 0.6 is 0 Å². The average molecular weight is 403 g/mol. The minimum atomic E-state index is -0.480. The van der Waals surface area contributed by atoms with Crippen molar-refractivity contribution in [2.24, 2.45) is 5.73 Å². The number of amides is 1. The molecule has 3 aromatic rings. The molecule has 1 aromatic heterocycles. The predicted molar refractivity (Wildman–Crippen MR) is 110 cm³/mol. The van der Waals surface area contributed by atoms with Crippen LogP contribution in [-0.2, 0) is 27.3 Å². The van der Waals surface area contributed by atoms with Gasteiger partial charge < -0.3 is 19.8 Å². The number of nitrogens with two attached hydrogens (primary N) is 1. The minimum absolute atomic E-state index is 0.216. The first-order valence-corrected chi connectivity index (χ1v) is 9.65. The molecule has 1 amide bonds. The Hall–Kier alpha value is -3.79. The SMILES string of the molecule is COC(=O)COc1cccc2c1c1c(n2Cc2ccc(C#N)cc2)CCC1C(N)=O. The number of carbonyl (C=O) groups is 2. The molecule has 0 bridgehead atoms. The zero-order chi connectivity index (χ0) is 21.3. The number of rotatable bonds is 6. The van der Waals surface area contributed by atoms with Gasteiger partial charge in [-0.15, -0.1) is 0 Å². The first-order valence-electron chi connectivity index (χ1n) is 9.65. The highest BCUT2D eigenvalue weighted by Crippen LogP contribution is 2.44. The maximum atomic E-state index is 12.1. The molecule has 0 saturated heterocycles. The Morgan fingerprint density at radius 1 is 1.23 bits per heavy atom. The molecule has 1 atom stereocenters. The van der Waals surface area contributed by atoms with Crippen molar-refractivity contribution in [3.05, 3.63) is 64.8 Å². The molecule has 2 aromatic carbocycles. The Morgan fingerprint density at radius 2 is 2.00 bits per heavy atom. The number of nitriles is 1. The van der Waals surface area contributed by atoms with E-state index in [1.807, 2.05) is 24.3 Å². The summed E-state index contributed by atoms with van der Waals surface area (Å²) >= 11 is 0. The molecular weight excluding hydrogens is 382 g/mol. The summed E-state index contributed by atoms with van der Waals surface area (Å²) in [5.41, 5.74) is 10.2. The molecule has 7 heteroatoms. The van der Waals surface area contributed by atoms with E-state index < -0.39 is 11.9 Å². The van der Waals surface area contributed by atoms with E-state index in [9.17, 15) is 9.59 Å². The van der Waals surface area contributed by atoms with Crippen molar-refractivity contribution in [2.75, 3.05) is 13.7 Å². The van der Waals surface area contributed by atoms with Gasteiger partial charge >= 0.3 is 5.97 Å². The lowest BCUT2D eigenvalue weighted by atomic mass is 9.99. The van der Waals surface area contributed by atoms with Crippen LogP contribution in [0, 0.1) is 11.3 Å². The Balaban J connectivity index is 1.83. The molecule has 1 unspecified atom stereocenters. The molecule has 4 rings (SSSR count). The van der Waals surface area contributed by atoms with Crippen molar-refractivity contribution in [2.45, 2.75) is 25.3 Å². The van der Waals surface area contributed by atoms with Crippen LogP contribution in [0.1, 0.15) is 34.7 Å². The summed E-state index contributed by atoms with van der Waals surface area (Å²) in [6.45, 7) is 0.371. The van der Waals surface area contributed by atoms with Gasteiger partial charge in [0.15, 0.2) is 6.61 Å². The van der Waals surface area contributed by atoms with Gasteiger partial charge in [-0.05, 0) is 48.2 Å². The summed E-state index contributed by atoms with van der Waals surface area (Å²) in [5.74, 6) is -0.713. The van der Waals surface area contributed by atoms with Gasteiger partial charge in [0.2, 0.25) is 5.91 Å². The average Bonchev–Trinajstić information content (AvgIpc) is 3.32. The Kier molecular flexibility index (Phi) is 5.15. The fourth-order valence-corrected chi connectivity index (χ4v) is 4.17. The molecule has 7 nitrogen and oxygen atoms in total. The standard InChI is InChI=1S/C23H21N3O4/c1-29-20(27)13-30-19-4-2-3-17-22(19)21-16(23(25)28)9-10-18(21)26(17)12-15-7-5-14(11-24)6-8-15/h2-8,16H,9-10,12-13H2,1H3,(H2,25,28). The van der Waals surface area contributed by atoms with E-state index in [1.54, 1.807) is 18.2 Å². The monoisotopic (exact) mass is 403 g/mol. The Bertz CT molecular complexity index is 1170. The molecule has 0 radical (unpaired) electrons. The summed E-state index contributed by atoms with van der Waals surface area (Å²) in [4.78, 5) is 23.7. The van der Waals surface area contributed by atoms with Gasteiger partial charge in [-0.2, -0.15) is 5.26 Å². The highest BCUT2D eigenvalue weighted by Gasteiger charge is 2.34. The van der Waals surface area contributed by atoms with E-state index >= 15 is 0 Å². The summed E-state index contributed by atoms with van der Waals surface area (Å²) in [5, 5.41) is 9.84. The molecule has 2 N–H and O–H groups in total. The maximum absolute atomic E-state index is 12.1. The molecule has 152 valence electrons. The van der Waals surface area contributed by atoms with Crippen molar-refractivity contribution in [1.29, 1.82) is 5.26 Å². The second-order valence-corrected chi connectivity index (χ2v) is 7.26. The van der Waals surface area contributed by atoms with Gasteiger partial charge in [-0.25, -0.2) is 4.79 Å². The van der Waals surface area contributed by atoms with Crippen LogP contribution in [0.2, 0.25) is 0 Å². The molecular formula is C23H21N3O4. The summed E-state index contributed by atoms with van der Waals surface area (Å²) in [6.07, 6.45) is 1.37. The van der Waals surface area contributed by atoms with Crippen LogP contribution in [0.5, 0.6) is 5.75 Å². The molecule has 1 aliphatic carbocycles. The normalized spacial score (nSPS) is 14.9. The number of carbonyl (C=O) groups excluding carboxylic acids is 2. The number of hydrogen-bond acceptors (Lipinski definition) is 5. The first-order chi connectivity index (χ1) is 14.5. The van der Waals surface area contributed by atoms with Crippen LogP contribution in [0.25, 0.3) is 10.9 Å². The van der Waals surface area contributed by atoms with Crippen molar-refractivity contribution >= 4 is 22.8 Å². The number of fused-ring (bicyclic) bond motifs is 3. The Labute approximate surface area is 173 Å². The molecule has 30 heavy (non-hydrogen) atoms. The number of nitrogens with zero attached hydrogens (tertiary/aromatic N) is 2. The third-order valence-electron chi connectivity index (χ3n) is 5.56. The molecule has 0 spiro atoms. The summed E-state index contributed by atoms with van der Waals surface area (Å²) in [6, 6.07) is 15.2. The Morgan fingerprint density at radius 3 is 2.67 bits per heavy atom. The van der Waals surface area contributed by atoms with Gasteiger partial charge in [-0.3, -0.25) is 4.79 Å². The highest BCUT2D eigenvalue weighted by atomic mass is 16.6. The molecule has 1 aliphatic rings.